The first-order chi connectivity index (χ1) is 18.3. The van der Waals surface area contributed by atoms with Gasteiger partial charge in [-0.3, -0.25) is 9.59 Å². The summed E-state index contributed by atoms with van der Waals surface area (Å²) in [6.07, 6.45) is 6.22. The fraction of sp³-hybridized carbons (Fsp3) is 0.533. The van der Waals surface area contributed by atoms with E-state index in [0.29, 0.717) is 52.7 Å². The summed E-state index contributed by atoms with van der Waals surface area (Å²) in [5.74, 6) is 1.07. The number of anilines is 1. The number of hydrogen-bond donors (Lipinski definition) is 1. The molecule has 2 aromatic carbocycles. The van der Waals surface area contributed by atoms with Gasteiger partial charge in [-0.1, -0.05) is 24.9 Å². The molecule has 3 atom stereocenters. The lowest BCUT2D eigenvalue weighted by atomic mass is 9.81. The van der Waals surface area contributed by atoms with E-state index in [4.69, 9.17) is 21.1 Å². The van der Waals surface area contributed by atoms with Crippen LogP contribution < -0.4 is 14.8 Å². The van der Waals surface area contributed by atoms with Crippen molar-refractivity contribution in [1.82, 2.24) is 9.80 Å². The van der Waals surface area contributed by atoms with Gasteiger partial charge in [-0.2, -0.15) is 0 Å². The van der Waals surface area contributed by atoms with Gasteiger partial charge >= 0.3 is 0 Å². The summed E-state index contributed by atoms with van der Waals surface area (Å²) in [4.78, 5) is 32.5. The number of nitrogens with one attached hydrogen (secondary N) is 1. The molecule has 206 valence electrons. The van der Waals surface area contributed by atoms with Crippen LogP contribution in [0, 0.1) is 5.92 Å². The van der Waals surface area contributed by atoms with Crippen molar-refractivity contribution in [1.29, 1.82) is 0 Å². The largest absolute Gasteiger partial charge is 0.497 e. The van der Waals surface area contributed by atoms with Gasteiger partial charge in [-0.05, 0) is 82.3 Å². The molecule has 38 heavy (non-hydrogen) atoms. The Hall–Kier alpha value is -2.77. The van der Waals surface area contributed by atoms with Crippen LogP contribution in [0.2, 0.25) is 5.02 Å². The maximum Gasteiger partial charge on any atom is 0.254 e. The van der Waals surface area contributed by atoms with Gasteiger partial charge in [-0.15, -0.1) is 0 Å². The molecule has 0 bridgehead atoms. The predicted octanol–water partition coefficient (Wildman–Crippen LogP) is 5.87. The molecule has 2 fully saturated rings. The van der Waals surface area contributed by atoms with Crippen molar-refractivity contribution in [3.63, 3.8) is 0 Å². The molecular weight excluding hydrogens is 502 g/mol. The van der Waals surface area contributed by atoms with Crippen molar-refractivity contribution in [2.45, 2.75) is 64.0 Å². The Labute approximate surface area is 231 Å². The first-order valence-electron chi connectivity index (χ1n) is 13.6. The molecule has 0 aliphatic carbocycles. The molecule has 0 radical (unpaired) electrons. The fourth-order valence-electron chi connectivity index (χ4n) is 5.90. The van der Waals surface area contributed by atoms with Crippen molar-refractivity contribution >= 4 is 29.1 Å². The van der Waals surface area contributed by atoms with Gasteiger partial charge in [0.05, 0.1) is 14.2 Å². The Morgan fingerprint density at radius 2 is 1.68 bits per heavy atom. The predicted molar refractivity (Wildman–Crippen MR) is 151 cm³/mol. The topological polar surface area (TPSA) is 71.1 Å². The summed E-state index contributed by atoms with van der Waals surface area (Å²) < 4.78 is 10.8. The fourth-order valence-corrected chi connectivity index (χ4v) is 6.03. The average Bonchev–Trinajstić information content (AvgIpc) is 2.95. The highest BCUT2D eigenvalue weighted by molar-refractivity contribution is 6.30. The summed E-state index contributed by atoms with van der Waals surface area (Å²) in [6.45, 7) is 6.60. The molecule has 1 N–H and O–H groups in total. The number of nitrogens with zero attached hydrogens (tertiary/aromatic N) is 2. The van der Waals surface area contributed by atoms with Crippen molar-refractivity contribution in [2.75, 3.05) is 39.2 Å². The lowest BCUT2D eigenvalue weighted by molar-refractivity contribution is -0.126. The van der Waals surface area contributed by atoms with Crippen LogP contribution >= 0.6 is 11.6 Å². The van der Waals surface area contributed by atoms with Crippen molar-refractivity contribution in [2.24, 2.45) is 5.92 Å². The van der Waals surface area contributed by atoms with E-state index < -0.39 is 5.54 Å². The molecule has 7 nitrogen and oxygen atoms in total. The Morgan fingerprint density at radius 3 is 2.32 bits per heavy atom. The number of fused-ring (bicyclic) bond motifs is 1. The average molecular weight is 542 g/mol. The second kappa shape index (κ2) is 12.4. The monoisotopic (exact) mass is 541 g/mol. The summed E-state index contributed by atoms with van der Waals surface area (Å²) in [7, 11) is 3.14. The zero-order valence-corrected chi connectivity index (χ0v) is 23.7. The Balaban J connectivity index is 1.67. The van der Waals surface area contributed by atoms with Crippen molar-refractivity contribution < 1.29 is 19.1 Å². The van der Waals surface area contributed by atoms with E-state index in [9.17, 15) is 9.59 Å². The van der Waals surface area contributed by atoms with Crippen LogP contribution in [0.5, 0.6) is 11.5 Å². The third kappa shape index (κ3) is 6.10. The molecule has 2 heterocycles. The van der Waals surface area contributed by atoms with E-state index in [1.54, 1.807) is 56.7 Å². The number of amides is 2. The van der Waals surface area contributed by atoms with Crippen LogP contribution in [0.4, 0.5) is 5.69 Å². The van der Waals surface area contributed by atoms with E-state index in [1.165, 1.54) is 12.8 Å². The number of carbonyl (C=O) groups is 2. The van der Waals surface area contributed by atoms with Gasteiger partial charge in [0.2, 0.25) is 5.91 Å². The number of hydrogen-bond acceptors (Lipinski definition) is 5. The molecule has 8 heteroatoms. The van der Waals surface area contributed by atoms with E-state index in [2.05, 4.69) is 10.2 Å². The molecule has 0 saturated carbocycles. The number of piperidine rings is 2. The highest BCUT2D eigenvalue weighted by Crippen LogP contribution is 2.35. The van der Waals surface area contributed by atoms with Gasteiger partial charge in [0.1, 0.15) is 17.0 Å². The molecule has 2 aliphatic rings. The summed E-state index contributed by atoms with van der Waals surface area (Å²) in [5.41, 5.74) is 0.00591. The van der Waals surface area contributed by atoms with Gasteiger partial charge in [-0.25, -0.2) is 0 Å². The SMILES string of the molecule is CC[C@](C)(C(=O)Nc1cc(OC)cc(OC)c1)N(C[C@H]1CCCN2CCCC[C@H]12)C(=O)c1ccc(Cl)cc1. The van der Waals surface area contributed by atoms with Crippen LogP contribution in [-0.2, 0) is 4.79 Å². The van der Waals surface area contributed by atoms with Crippen molar-refractivity contribution in [3.8, 4) is 11.5 Å². The zero-order chi connectivity index (χ0) is 27.3. The zero-order valence-electron chi connectivity index (χ0n) is 23.0. The van der Waals surface area contributed by atoms with E-state index in [-0.39, 0.29) is 11.8 Å². The van der Waals surface area contributed by atoms with Gasteiger partial charge in [0.15, 0.2) is 0 Å². The van der Waals surface area contributed by atoms with E-state index in [1.807, 2.05) is 18.7 Å². The summed E-state index contributed by atoms with van der Waals surface area (Å²) in [6, 6.07) is 12.6. The third-order valence-corrected chi connectivity index (χ3v) is 8.62. The molecule has 4 rings (SSSR count). The van der Waals surface area contributed by atoms with Gasteiger partial charge < -0.3 is 24.6 Å². The number of benzene rings is 2. The minimum absolute atomic E-state index is 0.155. The first-order valence-corrected chi connectivity index (χ1v) is 14.0. The molecule has 0 unspecified atom stereocenters. The van der Waals surface area contributed by atoms with Crippen LogP contribution in [-0.4, -0.2) is 67.0 Å². The molecule has 2 aromatic rings. The Kier molecular flexibility index (Phi) is 9.21. The van der Waals surface area contributed by atoms with Crippen LogP contribution in [0.1, 0.15) is 62.7 Å². The standard InChI is InChI=1S/C30H40ClN3O4/c1-5-30(2,29(36)32-24-17-25(37-3)19-26(18-24)38-4)34(28(35)21-11-13-23(31)14-12-21)20-22-9-8-16-33-15-7-6-10-27(22)33/h11-14,17-19,22,27H,5-10,15-16,20H2,1-4H3,(H,32,36)/t22-,27-,30-/m1/s1. The number of ether oxygens (including phenoxy) is 2. The minimum atomic E-state index is -1.08. The number of halogens is 1. The summed E-state index contributed by atoms with van der Waals surface area (Å²) >= 11 is 6.12. The molecule has 0 aromatic heterocycles. The van der Waals surface area contributed by atoms with Gasteiger partial charge in [0.25, 0.3) is 5.91 Å². The Bertz CT molecular complexity index is 1100. The normalized spacial score (nSPS) is 21.1. The van der Waals surface area contributed by atoms with Crippen LogP contribution in [0.25, 0.3) is 0 Å². The van der Waals surface area contributed by atoms with Crippen LogP contribution in [0.3, 0.4) is 0 Å². The van der Waals surface area contributed by atoms with Gasteiger partial charge in [0, 0.05) is 47.1 Å². The number of rotatable bonds is 9. The lowest BCUT2D eigenvalue weighted by Crippen LogP contribution is -2.60. The molecule has 2 aliphatic heterocycles. The second-order valence-corrected chi connectivity index (χ2v) is 11.0. The lowest BCUT2D eigenvalue weighted by Gasteiger charge is -2.48. The molecule has 0 spiro atoms. The van der Waals surface area contributed by atoms with E-state index >= 15 is 0 Å². The highest BCUT2D eigenvalue weighted by atomic mass is 35.5. The molecule has 2 amide bonds. The maximum atomic E-state index is 14.1. The first kappa shape index (κ1) is 28.2. The number of methoxy groups -OCH3 is 2. The highest BCUT2D eigenvalue weighted by Gasteiger charge is 2.44. The smallest absolute Gasteiger partial charge is 0.254 e. The van der Waals surface area contributed by atoms with E-state index in [0.717, 1.165) is 32.4 Å². The number of carbonyl (C=O) groups excluding carboxylic acids is 2. The van der Waals surface area contributed by atoms with Crippen LogP contribution in [0.15, 0.2) is 42.5 Å². The van der Waals surface area contributed by atoms with Crippen molar-refractivity contribution in [3.05, 3.63) is 53.1 Å². The third-order valence-electron chi connectivity index (χ3n) is 8.36. The summed E-state index contributed by atoms with van der Waals surface area (Å²) in [5, 5.41) is 3.62. The second-order valence-electron chi connectivity index (χ2n) is 10.6. The quantitative estimate of drug-likeness (QED) is 0.430. The minimum Gasteiger partial charge on any atom is -0.497 e. The molecule has 2 saturated heterocycles. The Morgan fingerprint density at radius 1 is 1.03 bits per heavy atom. The maximum absolute atomic E-state index is 14.1. The molecular formula is C30H40ClN3O4.